The van der Waals surface area contributed by atoms with E-state index in [0.717, 1.165) is 12.8 Å². The fourth-order valence-corrected chi connectivity index (χ4v) is 2.98. The summed E-state index contributed by atoms with van der Waals surface area (Å²) in [5.74, 6) is 3.79. The number of halogens is 3. The molecule has 0 amide bonds. The summed E-state index contributed by atoms with van der Waals surface area (Å²) >= 11 is 4.47. The second kappa shape index (κ2) is 9.98. The number of aliphatic imine (C=N–C) groups is 1. The zero-order chi connectivity index (χ0) is 21.5. The lowest BCUT2D eigenvalue weighted by Crippen LogP contribution is -1.97. The molecule has 6 heteroatoms. The van der Waals surface area contributed by atoms with E-state index in [1.54, 1.807) is 24.3 Å². The van der Waals surface area contributed by atoms with Crippen LogP contribution in [0, 0.1) is 29.3 Å². The molecule has 0 aliphatic rings. The minimum atomic E-state index is -0.611. The summed E-state index contributed by atoms with van der Waals surface area (Å²) in [6.45, 7) is 1.98. The molecule has 0 saturated heterocycles. The van der Waals surface area contributed by atoms with E-state index >= 15 is 0 Å². The lowest BCUT2D eigenvalue weighted by Gasteiger charge is -2.08. The van der Waals surface area contributed by atoms with Gasteiger partial charge in [0, 0.05) is 17.2 Å². The van der Waals surface area contributed by atoms with Crippen LogP contribution in [0.5, 0.6) is 0 Å². The molecule has 0 aliphatic heterocycles. The van der Waals surface area contributed by atoms with Gasteiger partial charge < -0.3 is 0 Å². The molecule has 1 heterocycles. The Bertz CT molecular complexity index is 1150. The highest BCUT2D eigenvalue weighted by atomic mass is 32.1. The Balaban J connectivity index is 1.81. The normalized spacial score (nSPS) is 10.1. The van der Waals surface area contributed by atoms with Crippen LogP contribution in [0.15, 0.2) is 53.7 Å². The standard InChI is InChI=1S/C24H17F3N2S/c1-2-3-4-20-21(25)11-18(12-22(20)26)17-8-5-16(6-9-17)7-10-24-23(27)13-19(14-28-24)29-15-30/h5-6,8-9,11-14H,2-4H2,1H3. The largest absolute Gasteiger partial charge is 0.242 e. The van der Waals surface area contributed by atoms with Crippen molar-refractivity contribution in [1.29, 1.82) is 0 Å². The van der Waals surface area contributed by atoms with Gasteiger partial charge in [0.25, 0.3) is 0 Å². The van der Waals surface area contributed by atoms with Crippen molar-refractivity contribution in [3.8, 4) is 23.0 Å². The molecule has 3 aromatic rings. The highest BCUT2D eigenvalue weighted by Crippen LogP contribution is 2.26. The number of hydrogen-bond acceptors (Lipinski definition) is 3. The molecule has 1 aromatic heterocycles. The van der Waals surface area contributed by atoms with E-state index in [1.807, 2.05) is 6.92 Å². The first-order valence-electron chi connectivity index (χ1n) is 9.35. The third-order valence-electron chi connectivity index (χ3n) is 4.47. The topological polar surface area (TPSA) is 25.2 Å². The van der Waals surface area contributed by atoms with Gasteiger partial charge in [-0.25, -0.2) is 18.2 Å². The molecular weight excluding hydrogens is 405 g/mol. The number of rotatable bonds is 5. The Hall–Kier alpha value is -3.26. The van der Waals surface area contributed by atoms with E-state index in [4.69, 9.17) is 0 Å². The van der Waals surface area contributed by atoms with Crippen LogP contribution in [0.3, 0.4) is 0 Å². The second-order valence-corrected chi connectivity index (χ2v) is 6.76. The Morgan fingerprint density at radius 2 is 1.63 bits per heavy atom. The Morgan fingerprint density at radius 1 is 0.933 bits per heavy atom. The first-order chi connectivity index (χ1) is 14.5. The van der Waals surface area contributed by atoms with Crippen molar-refractivity contribution in [2.75, 3.05) is 0 Å². The third kappa shape index (κ3) is 5.21. The average Bonchev–Trinajstić information content (AvgIpc) is 2.73. The Kier molecular flexibility index (Phi) is 7.13. The van der Waals surface area contributed by atoms with Gasteiger partial charge in [-0.1, -0.05) is 31.4 Å². The first-order valence-corrected chi connectivity index (χ1v) is 9.76. The number of aromatic nitrogens is 1. The summed E-state index contributed by atoms with van der Waals surface area (Å²) in [6, 6.07) is 10.7. The van der Waals surface area contributed by atoms with Crippen molar-refractivity contribution in [2.45, 2.75) is 26.2 Å². The molecule has 0 atom stereocenters. The fraction of sp³-hybridized carbons (Fsp3) is 0.167. The molecule has 0 spiro atoms. The van der Waals surface area contributed by atoms with Crippen LogP contribution in [-0.2, 0) is 6.42 Å². The van der Waals surface area contributed by atoms with E-state index in [1.165, 1.54) is 24.4 Å². The molecule has 0 aliphatic carbocycles. The predicted octanol–water partition coefficient (Wildman–Crippen LogP) is 6.64. The van der Waals surface area contributed by atoms with E-state index in [-0.39, 0.29) is 16.9 Å². The fourth-order valence-electron chi connectivity index (χ4n) is 2.87. The van der Waals surface area contributed by atoms with Gasteiger partial charge in [0.1, 0.15) is 17.3 Å². The van der Waals surface area contributed by atoms with E-state index in [9.17, 15) is 13.2 Å². The summed E-state index contributed by atoms with van der Waals surface area (Å²) < 4.78 is 42.6. The number of isothiocyanates is 1. The van der Waals surface area contributed by atoms with Gasteiger partial charge in [-0.3, -0.25) is 0 Å². The number of benzene rings is 2. The van der Waals surface area contributed by atoms with Gasteiger partial charge in [0.05, 0.1) is 17.0 Å². The number of nitrogens with zero attached hydrogens (tertiary/aromatic N) is 2. The molecular formula is C24H17F3N2S. The third-order valence-corrected chi connectivity index (χ3v) is 4.56. The quantitative estimate of drug-likeness (QED) is 0.262. The van der Waals surface area contributed by atoms with Gasteiger partial charge in [-0.05, 0) is 66.4 Å². The van der Waals surface area contributed by atoms with Crippen LogP contribution < -0.4 is 0 Å². The van der Waals surface area contributed by atoms with Crippen LogP contribution >= 0.6 is 12.2 Å². The van der Waals surface area contributed by atoms with Gasteiger partial charge >= 0.3 is 0 Å². The summed E-state index contributed by atoms with van der Waals surface area (Å²) in [6.07, 6.45) is 3.33. The van der Waals surface area contributed by atoms with Crippen LogP contribution in [0.1, 0.15) is 36.6 Å². The van der Waals surface area contributed by atoms with Crippen molar-refractivity contribution in [2.24, 2.45) is 4.99 Å². The van der Waals surface area contributed by atoms with Crippen LogP contribution in [0.4, 0.5) is 18.9 Å². The summed E-state index contributed by atoms with van der Waals surface area (Å²) in [5.41, 5.74) is 2.09. The summed E-state index contributed by atoms with van der Waals surface area (Å²) in [7, 11) is 0. The molecule has 3 rings (SSSR count). The molecule has 0 N–H and O–H groups in total. The van der Waals surface area contributed by atoms with Crippen LogP contribution in [-0.4, -0.2) is 10.1 Å². The number of hydrogen-bond donors (Lipinski definition) is 0. The SMILES string of the molecule is CCCCc1c(F)cc(-c2ccc(C#Cc3ncc(N=C=S)cc3F)cc2)cc1F. The molecule has 0 saturated carbocycles. The predicted molar refractivity (Wildman–Crippen MR) is 115 cm³/mol. The monoisotopic (exact) mass is 422 g/mol. The molecule has 2 nitrogen and oxygen atoms in total. The maximum absolute atomic E-state index is 14.3. The minimum absolute atomic E-state index is 0.0193. The molecule has 0 fully saturated rings. The molecule has 0 bridgehead atoms. The van der Waals surface area contributed by atoms with Gasteiger partial charge in [-0.2, -0.15) is 4.99 Å². The molecule has 30 heavy (non-hydrogen) atoms. The second-order valence-electron chi connectivity index (χ2n) is 6.58. The molecule has 0 unspecified atom stereocenters. The number of pyridine rings is 1. The number of thiocarbonyl (C=S) groups is 1. The van der Waals surface area contributed by atoms with Crippen molar-refractivity contribution in [3.05, 3.63) is 82.9 Å². The Labute approximate surface area is 178 Å². The minimum Gasteiger partial charge on any atom is -0.242 e. The van der Waals surface area contributed by atoms with Crippen molar-refractivity contribution >= 4 is 23.1 Å². The van der Waals surface area contributed by atoms with Gasteiger partial charge in [0.2, 0.25) is 0 Å². The zero-order valence-corrected chi connectivity index (χ0v) is 17.0. The summed E-state index contributed by atoms with van der Waals surface area (Å²) in [5, 5.41) is 2.14. The van der Waals surface area contributed by atoms with Crippen LogP contribution in [0.2, 0.25) is 0 Å². The van der Waals surface area contributed by atoms with Crippen molar-refractivity contribution in [3.63, 3.8) is 0 Å². The summed E-state index contributed by atoms with van der Waals surface area (Å²) in [4.78, 5) is 7.57. The smallest absolute Gasteiger partial charge is 0.159 e. The number of unbranched alkanes of at least 4 members (excludes halogenated alkanes) is 1. The molecule has 150 valence electrons. The van der Waals surface area contributed by atoms with Gasteiger partial charge in [-0.15, -0.1) is 0 Å². The van der Waals surface area contributed by atoms with E-state index in [0.29, 0.717) is 23.1 Å². The van der Waals surface area contributed by atoms with Crippen molar-refractivity contribution in [1.82, 2.24) is 4.98 Å². The maximum Gasteiger partial charge on any atom is 0.159 e. The van der Waals surface area contributed by atoms with Crippen molar-refractivity contribution < 1.29 is 13.2 Å². The highest BCUT2D eigenvalue weighted by molar-refractivity contribution is 7.78. The van der Waals surface area contributed by atoms with E-state index < -0.39 is 17.5 Å². The maximum atomic E-state index is 14.3. The van der Waals surface area contributed by atoms with E-state index in [2.05, 4.69) is 39.2 Å². The lowest BCUT2D eigenvalue weighted by molar-refractivity contribution is 0.550. The lowest BCUT2D eigenvalue weighted by atomic mass is 9.99. The first kappa shape index (κ1) is 21.4. The molecule has 2 aromatic carbocycles. The molecule has 0 radical (unpaired) electrons. The highest BCUT2D eigenvalue weighted by Gasteiger charge is 2.12. The van der Waals surface area contributed by atoms with Crippen LogP contribution in [0.25, 0.3) is 11.1 Å². The zero-order valence-electron chi connectivity index (χ0n) is 16.2. The Morgan fingerprint density at radius 3 is 2.23 bits per heavy atom. The van der Waals surface area contributed by atoms with Gasteiger partial charge in [0.15, 0.2) is 5.82 Å². The average molecular weight is 422 g/mol.